The molecule has 0 radical (unpaired) electrons. The van der Waals surface area contributed by atoms with Gasteiger partial charge in [-0.2, -0.15) is 4.98 Å². The number of hydrogen-bond donors (Lipinski definition) is 3. The molecule has 1 saturated heterocycles. The number of piperidine rings is 1. The van der Waals surface area contributed by atoms with E-state index in [0.717, 1.165) is 0 Å². The third-order valence-electron chi connectivity index (χ3n) is 4.28. The molecule has 4 N–H and O–H groups in total. The van der Waals surface area contributed by atoms with Crippen molar-refractivity contribution in [1.82, 2.24) is 14.9 Å². The highest BCUT2D eigenvalue weighted by Gasteiger charge is 2.23. The molecule has 1 aromatic carbocycles. The van der Waals surface area contributed by atoms with Crippen LogP contribution in [0, 0.1) is 5.82 Å². The number of ketones is 1. The minimum atomic E-state index is -0.931. The maximum Gasteiger partial charge on any atom is 0.407 e. The number of halogens is 1. The summed E-state index contributed by atoms with van der Waals surface area (Å²) in [7, 11) is 0. The summed E-state index contributed by atoms with van der Waals surface area (Å²) in [6.07, 6.45) is 1.57. The molecule has 0 saturated carbocycles. The van der Waals surface area contributed by atoms with Gasteiger partial charge in [0.05, 0.1) is 11.1 Å². The number of carbonyl (C=O) groups excluding carboxylic acids is 1. The fourth-order valence-electron chi connectivity index (χ4n) is 2.83. The van der Waals surface area contributed by atoms with Gasteiger partial charge >= 0.3 is 6.09 Å². The van der Waals surface area contributed by atoms with Crippen LogP contribution in [0.1, 0.15) is 28.8 Å². The van der Waals surface area contributed by atoms with E-state index in [0.29, 0.717) is 25.9 Å². The summed E-state index contributed by atoms with van der Waals surface area (Å²) in [6, 6.07) is 5.64. The van der Waals surface area contributed by atoms with Crippen LogP contribution in [0.25, 0.3) is 0 Å². The van der Waals surface area contributed by atoms with E-state index in [4.69, 9.17) is 10.8 Å². The smallest absolute Gasteiger partial charge is 0.407 e. The van der Waals surface area contributed by atoms with E-state index < -0.39 is 17.7 Å². The lowest BCUT2D eigenvalue weighted by atomic mass is 10.0. The van der Waals surface area contributed by atoms with Crippen molar-refractivity contribution in [2.45, 2.75) is 18.9 Å². The summed E-state index contributed by atoms with van der Waals surface area (Å²) in [5, 5.41) is 12.0. The minimum Gasteiger partial charge on any atom is -0.465 e. The van der Waals surface area contributed by atoms with Gasteiger partial charge in [-0.3, -0.25) is 4.79 Å². The van der Waals surface area contributed by atoms with E-state index in [1.54, 1.807) is 6.07 Å². The number of anilines is 2. The summed E-state index contributed by atoms with van der Waals surface area (Å²) >= 11 is 0. The molecule has 0 bridgehead atoms. The number of hydrogen-bond acceptors (Lipinski definition) is 6. The normalized spacial score (nSPS) is 14.9. The van der Waals surface area contributed by atoms with E-state index in [1.807, 2.05) is 0 Å². The number of amides is 1. The summed E-state index contributed by atoms with van der Waals surface area (Å²) in [6.45, 7) is 0.846. The van der Waals surface area contributed by atoms with Crippen LogP contribution < -0.4 is 11.1 Å². The topological polar surface area (TPSA) is 121 Å². The molecule has 0 spiro atoms. The number of likely N-dealkylation sites (tertiary alicyclic amines) is 1. The van der Waals surface area contributed by atoms with Crippen LogP contribution in [0.3, 0.4) is 0 Å². The number of rotatable bonds is 4. The maximum absolute atomic E-state index is 13.8. The van der Waals surface area contributed by atoms with Crippen molar-refractivity contribution in [2.75, 3.05) is 24.1 Å². The van der Waals surface area contributed by atoms with Gasteiger partial charge in [0.15, 0.2) is 0 Å². The molecule has 9 heteroatoms. The zero-order valence-corrected chi connectivity index (χ0v) is 13.9. The lowest BCUT2D eigenvalue weighted by Gasteiger charge is -2.30. The zero-order chi connectivity index (χ0) is 18.7. The van der Waals surface area contributed by atoms with E-state index >= 15 is 0 Å². The monoisotopic (exact) mass is 359 g/mol. The first-order valence-corrected chi connectivity index (χ1v) is 8.12. The number of carbonyl (C=O) groups is 2. The predicted molar refractivity (Wildman–Crippen MR) is 92.5 cm³/mol. The summed E-state index contributed by atoms with van der Waals surface area (Å²) in [4.78, 5) is 32.8. The van der Waals surface area contributed by atoms with Crippen LogP contribution >= 0.6 is 0 Å². The highest BCUT2D eigenvalue weighted by molar-refractivity contribution is 6.11. The van der Waals surface area contributed by atoms with E-state index in [-0.39, 0.29) is 28.9 Å². The van der Waals surface area contributed by atoms with Gasteiger partial charge in [0.1, 0.15) is 11.6 Å². The Balaban J connectivity index is 1.69. The molecule has 136 valence electrons. The summed E-state index contributed by atoms with van der Waals surface area (Å²) in [5.74, 6) is -1.01. The second-order valence-corrected chi connectivity index (χ2v) is 5.99. The SMILES string of the molecule is Nc1nc(NC2CCN(C(=O)O)CC2)ncc1C(=O)c1ccccc1F. The Labute approximate surface area is 148 Å². The van der Waals surface area contributed by atoms with Crippen molar-refractivity contribution >= 4 is 23.6 Å². The third-order valence-corrected chi connectivity index (χ3v) is 4.28. The van der Waals surface area contributed by atoms with Crippen molar-refractivity contribution < 1.29 is 19.1 Å². The first-order valence-electron chi connectivity index (χ1n) is 8.12. The van der Waals surface area contributed by atoms with Gasteiger partial charge in [0.25, 0.3) is 0 Å². The molecule has 1 fully saturated rings. The highest BCUT2D eigenvalue weighted by atomic mass is 19.1. The van der Waals surface area contributed by atoms with Gasteiger partial charge in [0.2, 0.25) is 11.7 Å². The molecule has 3 rings (SSSR count). The number of benzene rings is 1. The van der Waals surface area contributed by atoms with Crippen LogP contribution in [0.2, 0.25) is 0 Å². The molecule has 8 nitrogen and oxygen atoms in total. The molecule has 26 heavy (non-hydrogen) atoms. The van der Waals surface area contributed by atoms with Crippen molar-refractivity contribution in [1.29, 1.82) is 0 Å². The second-order valence-electron chi connectivity index (χ2n) is 5.99. The molecular formula is C17H18FN5O3. The van der Waals surface area contributed by atoms with E-state index in [2.05, 4.69) is 15.3 Å². The molecule has 2 aromatic rings. The standard InChI is InChI=1S/C17H18FN5O3/c18-13-4-2-1-3-11(13)14(24)12-9-20-16(22-15(12)19)21-10-5-7-23(8-6-10)17(25)26/h1-4,9-10H,5-8H2,(H,25,26)(H3,19,20,21,22). The molecule has 1 aliphatic rings. The Morgan fingerprint density at radius 2 is 1.92 bits per heavy atom. The minimum absolute atomic E-state index is 0.0121. The Morgan fingerprint density at radius 3 is 2.54 bits per heavy atom. The van der Waals surface area contributed by atoms with Crippen LogP contribution in [0.4, 0.5) is 21.0 Å². The van der Waals surface area contributed by atoms with Crippen LogP contribution in [-0.4, -0.2) is 51.0 Å². The van der Waals surface area contributed by atoms with Gasteiger partial charge in [0, 0.05) is 25.3 Å². The fraction of sp³-hybridized carbons (Fsp3) is 0.294. The maximum atomic E-state index is 13.8. The Morgan fingerprint density at radius 1 is 1.23 bits per heavy atom. The van der Waals surface area contributed by atoms with Crippen LogP contribution in [0.5, 0.6) is 0 Å². The number of nitrogen functional groups attached to an aromatic ring is 1. The predicted octanol–water partition coefficient (Wildman–Crippen LogP) is 1.98. The molecule has 0 aliphatic carbocycles. The van der Waals surface area contributed by atoms with E-state index in [1.165, 1.54) is 29.3 Å². The van der Waals surface area contributed by atoms with Crippen molar-refractivity contribution in [3.8, 4) is 0 Å². The Hall–Kier alpha value is -3.23. The number of aromatic nitrogens is 2. The first kappa shape index (κ1) is 17.6. The molecule has 1 aliphatic heterocycles. The zero-order valence-electron chi connectivity index (χ0n) is 13.9. The molecule has 0 unspecified atom stereocenters. The summed E-state index contributed by atoms with van der Waals surface area (Å²) in [5.41, 5.74) is 5.79. The lowest BCUT2D eigenvalue weighted by Crippen LogP contribution is -2.41. The number of nitrogens with two attached hydrogens (primary N) is 1. The molecule has 0 atom stereocenters. The highest BCUT2D eigenvalue weighted by Crippen LogP contribution is 2.19. The molecular weight excluding hydrogens is 341 g/mol. The lowest BCUT2D eigenvalue weighted by molar-refractivity contribution is 0.103. The number of nitrogens with zero attached hydrogens (tertiary/aromatic N) is 3. The largest absolute Gasteiger partial charge is 0.465 e. The van der Waals surface area contributed by atoms with Crippen molar-refractivity contribution in [3.63, 3.8) is 0 Å². The average molecular weight is 359 g/mol. The van der Waals surface area contributed by atoms with Gasteiger partial charge in [-0.25, -0.2) is 14.2 Å². The van der Waals surface area contributed by atoms with Gasteiger partial charge < -0.3 is 21.1 Å². The first-order chi connectivity index (χ1) is 12.5. The number of nitrogens with one attached hydrogen (secondary N) is 1. The molecule has 1 amide bonds. The molecule has 1 aromatic heterocycles. The van der Waals surface area contributed by atoms with Crippen molar-refractivity contribution in [3.05, 3.63) is 47.4 Å². The molecule has 2 heterocycles. The van der Waals surface area contributed by atoms with Crippen molar-refractivity contribution in [2.24, 2.45) is 0 Å². The summed E-state index contributed by atoms with van der Waals surface area (Å²) < 4.78 is 13.8. The van der Waals surface area contributed by atoms with Gasteiger partial charge in [-0.05, 0) is 25.0 Å². The Bertz CT molecular complexity index is 837. The number of carboxylic acid groups (broad SMARTS) is 1. The average Bonchev–Trinajstić information content (AvgIpc) is 2.62. The quantitative estimate of drug-likeness (QED) is 0.714. The van der Waals surface area contributed by atoms with Gasteiger partial charge in [-0.1, -0.05) is 12.1 Å². The van der Waals surface area contributed by atoms with Crippen LogP contribution in [0.15, 0.2) is 30.5 Å². The third kappa shape index (κ3) is 3.71. The van der Waals surface area contributed by atoms with Crippen LogP contribution in [-0.2, 0) is 0 Å². The Kier molecular flexibility index (Phi) is 4.97. The fourth-order valence-corrected chi connectivity index (χ4v) is 2.83. The van der Waals surface area contributed by atoms with E-state index in [9.17, 15) is 14.0 Å². The second kappa shape index (κ2) is 7.34. The van der Waals surface area contributed by atoms with Gasteiger partial charge in [-0.15, -0.1) is 0 Å².